The van der Waals surface area contributed by atoms with Gasteiger partial charge < -0.3 is 5.11 Å². The predicted molar refractivity (Wildman–Crippen MR) is 96.4 cm³/mol. The first-order valence-electron chi connectivity index (χ1n) is 7.58. The first-order valence-corrected chi connectivity index (χ1v) is 7.96. The highest BCUT2D eigenvalue weighted by Gasteiger charge is 2.13. The molecule has 0 aromatic heterocycles. The first-order chi connectivity index (χ1) is 12.0. The number of amides is 2. The normalized spacial score (nSPS) is 10.4. The highest BCUT2D eigenvalue weighted by Crippen LogP contribution is 2.24. The number of rotatable bonds is 3. The summed E-state index contributed by atoms with van der Waals surface area (Å²) in [6, 6.07) is 17.3. The molecule has 0 atom stereocenters. The molecule has 3 aromatic rings. The van der Waals surface area contributed by atoms with Crippen molar-refractivity contribution in [1.82, 2.24) is 10.9 Å². The fourth-order valence-corrected chi connectivity index (χ4v) is 2.56. The number of phenols is 1. The second kappa shape index (κ2) is 7.23. The summed E-state index contributed by atoms with van der Waals surface area (Å²) in [4.78, 5) is 24.1. The van der Waals surface area contributed by atoms with Gasteiger partial charge in [-0.3, -0.25) is 20.4 Å². The predicted octanol–water partition coefficient (Wildman–Crippen LogP) is 3.20. The number of benzene rings is 3. The summed E-state index contributed by atoms with van der Waals surface area (Å²) in [5.41, 5.74) is 5.50. The summed E-state index contributed by atoms with van der Waals surface area (Å²) in [5.74, 6) is -1.12. The number of carbonyl (C=O) groups excluding carboxylic acids is 2. The van der Waals surface area contributed by atoms with Crippen molar-refractivity contribution in [2.75, 3.05) is 0 Å². The topological polar surface area (TPSA) is 78.4 Å². The van der Waals surface area contributed by atoms with E-state index in [1.165, 1.54) is 6.07 Å². The van der Waals surface area contributed by atoms with Gasteiger partial charge in [0.2, 0.25) is 5.91 Å². The summed E-state index contributed by atoms with van der Waals surface area (Å²) in [6.07, 6.45) is 0.0984. The second-order valence-electron chi connectivity index (χ2n) is 5.52. The van der Waals surface area contributed by atoms with E-state index in [0.29, 0.717) is 5.02 Å². The Morgan fingerprint density at radius 3 is 2.24 bits per heavy atom. The van der Waals surface area contributed by atoms with Crippen molar-refractivity contribution in [1.29, 1.82) is 0 Å². The van der Waals surface area contributed by atoms with Crippen molar-refractivity contribution >= 4 is 34.2 Å². The van der Waals surface area contributed by atoms with Crippen LogP contribution < -0.4 is 10.9 Å². The summed E-state index contributed by atoms with van der Waals surface area (Å²) in [5, 5.41) is 12.2. The molecule has 3 aromatic carbocycles. The van der Waals surface area contributed by atoms with Gasteiger partial charge in [0.05, 0.1) is 12.0 Å². The molecule has 2 amide bonds. The fourth-order valence-electron chi connectivity index (χ4n) is 2.44. The smallest absolute Gasteiger partial charge is 0.273 e. The van der Waals surface area contributed by atoms with Gasteiger partial charge in [0.15, 0.2) is 0 Å². The zero-order chi connectivity index (χ0) is 17.8. The van der Waals surface area contributed by atoms with Crippen LogP contribution in [0.25, 0.3) is 10.8 Å². The average Bonchev–Trinajstić information content (AvgIpc) is 2.61. The Bertz CT molecular complexity index is 939. The van der Waals surface area contributed by atoms with Gasteiger partial charge in [0.25, 0.3) is 5.91 Å². The minimum absolute atomic E-state index is 0.0884. The van der Waals surface area contributed by atoms with Crippen molar-refractivity contribution in [3.63, 3.8) is 0 Å². The van der Waals surface area contributed by atoms with E-state index in [0.717, 1.165) is 16.3 Å². The van der Waals surface area contributed by atoms with Gasteiger partial charge in [-0.25, -0.2) is 0 Å². The highest BCUT2D eigenvalue weighted by atomic mass is 35.5. The Morgan fingerprint density at radius 2 is 1.56 bits per heavy atom. The molecule has 0 saturated carbocycles. The number of hydrogen-bond donors (Lipinski definition) is 3. The molecule has 5 nitrogen and oxygen atoms in total. The van der Waals surface area contributed by atoms with Crippen LogP contribution in [0.3, 0.4) is 0 Å². The Hall–Kier alpha value is -3.05. The maximum absolute atomic E-state index is 12.2. The Labute approximate surface area is 149 Å². The van der Waals surface area contributed by atoms with Crippen LogP contribution in [0, 0.1) is 0 Å². The lowest BCUT2D eigenvalue weighted by Crippen LogP contribution is -2.42. The maximum atomic E-state index is 12.2. The number of aromatic hydroxyl groups is 1. The van der Waals surface area contributed by atoms with Crippen molar-refractivity contribution < 1.29 is 14.7 Å². The van der Waals surface area contributed by atoms with Crippen molar-refractivity contribution in [2.24, 2.45) is 0 Å². The van der Waals surface area contributed by atoms with Gasteiger partial charge in [-0.05, 0) is 40.6 Å². The van der Waals surface area contributed by atoms with Gasteiger partial charge in [-0.1, -0.05) is 48.0 Å². The Kier molecular flexibility index (Phi) is 4.86. The zero-order valence-corrected chi connectivity index (χ0v) is 13.9. The third kappa shape index (κ3) is 4.08. The molecule has 0 saturated heterocycles. The number of phenolic OH excluding ortho intramolecular Hbond substituents is 1. The summed E-state index contributed by atoms with van der Waals surface area (Å²) >= 11 is 5.79. The molecule has 0 heterocycles. The molecule has 3 N–H and O–H groups in total. The van der Waals surface area contributed by atoms with E-state index in [-0.39, 0.29) is 23.6 Å². The third-order valence-corrected chi connectivity index (χ3v) is 3.95. The van der Waals surface area contributed by atoms with Crippen LogP contribution in [0.15, 0.2) is 60.7 Å². The van der Waals surface area contributed by atoms with Crippen LogP contribution >= 0.6 is 11.6 Å². The molecule has 0 aliphatic rings. The van der Waals surface area contributed by atoms with Crippen molar-refractivity contribution in [3.05, 3.63) is 76.8 Å². The zero-order valence-electron chi connectivity index (χ0n) is 13.1. The summed E-state index contributed by atoms with van der Waals surface area (Å²) < 4.78 is 0. The molecule has 6 heteroatoms. The summed E-state index contributed by atoms with van der Waals surface area (Å²) in [7, 11) is 0. The standard InChI is InChI=1S/C19H15ClN2O3/c20-15-7-5-12(6-8-15)9-18(24)21-22-19(25)16-10-13-3-1-2-4-14(13)11-17(16)23/h1-8,10-11,23H,9H2,(H,21,24)(H,22,25). The first kappa shape index (κ1) is 16.8. The van der Waals surface area contributed by atoms with Crippen LogP contribution in [0.2, 0.25) is 5.02 Å². The van der Waals surface area contributed by atoms with Gasteiger partial charge in [-0.2, -0.15) is 0 Å². The molecule has 0 spiro atoms. The molecule has 0 radical (unpaired) electrons. The lowest BCUT2D eigenvalue weighted by molar-refractivity contribution is -0.121. The number of hydrogen-bond acceptors (Lipinski definition) is 3. The van der Waals surface area contributed by atoms with Gasteiger partial charge in [0, 0.05) is 5.02 Å². The summed E-state index contributed by atoms with van der Waals surface area (Å²) in [6.45, 7) is 0. The third-order valence-electron chi connectivity index (χ3n) is 3.70. The van der Waals surface area contributed by atoms with Crippen LogP contribution in [-0.4, -0.2) is 16.9 Å². The lowest BCUT2D eigenvalue weighted by Gasteiger charge is -2.10. The molecule has 0 unspecified atom stereocenters. The van der Waals surface area contributed by atoms with E-state index in [4.69, 9.17) is 11.6 Å². The number of fused-ring (bicyclic) bond motifs is 1. The minimum atomic E-state index is -0.590. The minimum Gasteiger partial charge on any atom is -0.507 e. The number of hydrazine groups is 1. The fraction of sp³-hybridized carbons (Fsp3) is 0.0526. The van der Waals surface area contributed by atoms with Gasteiger partial charge >= 0.3 is 0 Å². The maximum Gasteiger partial charge on any atom is 0.273 e. The highest BCUT2D eigenvalue weighted by molar-refractivity contribution is 6.30. The molecular weight excluding hydrogens is 340 g/mol. The number of nitrogens with one attached hydrogen (secondary N) is 2. The van der Waals surface area contributed by atoms with Crippen molar-refractivity contribution in [3.8, 4) is 5.75 Å². The molecule has 25 heavy (non-hydrogen) atoms. The Morgan fingerprint density at radius 1 is 0.920 bits per heavy atom. The second-order valence-corrected chi connectivity index (χ2v) is 5.96. The number of halogens is 1. The van der Waals surface area contributed by atoms with Crippen LogP contribution in [0.4, 0.5) is 0 Å². The lowest BCUT2D eigenvalue weighted by atomic mass is 10.1. The van der Waals surface area contributed by atoms with E-state index in [1.807, 2.05) is 24.3 Å². The van der Waals surface area contributed by atoms with E-state index in [1.54, 1.807) is 30.3 Å². The van der Waals surface area contributed by atoms with Crippen molar-refractivity contribution in [2.45, 2.75) is 6.42 Å². The van der Waals surface area contributed by atoms with Gasteiger partial charge in [0.1, 0.15) is 5.75 Å². The molecule has 0 aliphatic carbocycles. The molecular formula is C19H15ClN2O3. The number of carbonyl (C=O) groups is 2. The van der Waals surface area contributed by atoms with Crippen LogP contribution in [0.5, 0.6) is 5.75 Å². The molecule has 0 aliphatic heterocycles. The van der Waals surface area contributed by atoms with Crippen LogP contribution in [-0.2, 0) is 11.2 Å². The molecule has 0 bridgehead atoms. The molecule has 0 fully saturated rings. The van der Waals surface area contributed by atoms with E-state index in [9.17, 15) is 14.7 Å². The van der Waals surface area contributed by atoms with E-state index < -0.39 is 5.91 Å². The largest absolute Gasteiger partial charge is 0.507 e. The van der Waals surface area contributed by atoms with Crippen LogP contribution in [0.1, 0.15) is 15.9 Å². The molecule has 126 valence electrons. The SMILES string of the molecule is O=C(Cc1ccc(Cl)cc1)NNC(=O)c1cc2ccccc2cc1O. The van der Waals surface area contributed by atoms with E-state index in [2.05, 4.69) is 10.9 Å². The average molecular weight is 355 g/mol. The van der Waals surface area contributed by atoms with Gasteiger partial charge in [-0.15, -0.1) is 0 Å². The quantitative estimate of drug-likeness (QED) is 0.632. The Balaban J connectivity index is 1.65. The molecule has 3 rings (SSSR count). The monoisotopic (exact) mass is 354 g/mol. The van der Waals surface area contributed by atoms with E-state index >= 15 is 0 Å².